The van der Waals surface area contributed by atoms with Gasteiger partial charge < -0.3 is 15.7 Å². The van der Waals surface area contributed by atoms with Crippen molar-refractivity contribution in [2.75, 3.05) is 0 Å². The largest absolute Gasteiger partial charge is 0.480 e. The molecule has 20 heavy (non-hydrogen) atoms. The van der Waals surface area contributed by atoms with E-state index in [2.05, 4.69) is 26.6 Å². The molecule has 0 aliphatic heterocycles. The zero-order chi connectivity index (χ0) is 15.1. The normalized spacial score (nSPS) is 13.3. The summed E-state index contributed by atoms with van der Waals surface area (Å²) >= 11 is 3.33. The van der Waals surface area contributed by atoms with Gasteiger partial charge in [-0.1, -0.05) is 48.3 Å². The van der Waals surface area contributed by atoms with E-state index in [-0.39, 0.29) is 5.92 Å². The van der Waals surface area contributed by atoms with E-state index in [1.807, 2.05) is 31.2 Å². The van der Waals surface area contributed by atoms with Crippen molar-refractivity contribution in [3.63, 3.8) is 0 Å². The molecule has 1 unspecified atom stereocenters. The van der Waals surface area contributed by atoms with E-state index in [4.69, 9.17) is 5.11 Å². The van der Waals surface area contributed by atoms with Crippen LogP contribution in [-0.4, -0.2) is 23.1 Å². The third-order valence-corrected chi connectivity index (χ3v) is 3.66. The molecule has 2 amide bonds. The molecule has 0 heterocycles. The molecule has 0 spiro atoms. The minimum Gasteiger partial charge on any atom is -0.480 e. The van der Waals surface area contributed by atoms with E-state index >= 15 is 0 Å². The molecule has 6 heteroatoms. The second kappa shape index (κ2) is 7.89. The summed E-state index contributed by atoms with van der Waals surface area (Å²) < 4.78 is 0.966. The number of carbonyl (C=O) groups is 2. The van der Waals surface area contributed by atoms with Crippen LogP contribution in [-0.2, 0) is 11.3 Å². The number of carboxylic acids is 1. The van der Waals surface area contributed by atoms with Crippen LogP contribution in [0.2, 0.25) is 0 Å². The minimum atomic E-state index is -1.02. The Bertz CT molecular complexity index is 462. The van der Waals surface area contributed by atoms with E-state index in [0.29, 0.717) is 13.0 Å². The number of hydrogen-bond acceptors (Lipinski definition) is 2. The first-order valence-corrected chi connectivity index (χ1v) is 7.25. The molecule has 0 saturated carbocycles. The van der Waals surface area contributed by atoms with Gasteiger partial charge in [-0.3, -0.25) is 0 Å². The summed E-state index contributed by atoms with van der Waals surface area (Å²) in [5.74, 6) is -1.14. The lowest BCUT2D eigenvalue weighted by atomic mass is 9.99. The number of rotatable bonds is 6. The third kappa shape index (κ3) is 5.21. The average molecular weight is 343 g/mol. The van der Waals surface area contributed by atoms with Gasteiger partial charge in [0, 0.05) is 11.0 Å². The summed E-state index contributed by atoms with van der Waals surface area (Å²) in [5.41, 5.74) is 0.943. The van der Waals surface area contributed by atoms with Crippen molar-refractivity contribution in [1.29, 1.82) is 0 Å². The molecule has 0 saturated heterocycles. The summed E-state index contributed by atoms with van der Waals surface area (Å²) in [4.78, 5) is 22.8. The molecular formula is C14H19BrN2O3. The fraction of sp³-hybridized carbons (Fsp3) is 0.429. The van der Waals surface area contributed by atoms with E-state index in [1.54, 1.807) is 6.92 Å². The molecule has 110 valence electrons. The van der Waals surface area contributed by atoms with E-state index in [0.717, 1.165) is 10.0 Å². The van der Waals surface area contributed by atoms with Gasteiger partial charge in [-0.15, -0.1) is 0 Å². The number of urea groups is 1. The molecule has 3 N–H and O–H groups in total. The molecule has 1 rings (SSSR count). The van der Waals surface area contributed by atoms with Gasteiger partial charge in [0.2, 0.25) is 0 Å². The van der Waals surface area contributed by atoms with Gasteiger partial charge >= 0.3 is 12.0 Å². The quantitative estimate of drug-likeness (QED) is 0.743. The van der Waals surface area contributed by atoms with Gasteiger partial charge in [0.15, 0.2) is 0 Å². The number of aliphatic carboxylic acids is 1. The van der Waals surface area contributed by atoms with Crippen LogP contribution in [0.25, 0.3) is 0 Å². The predicted octanol–water partition coefficient (Wildman–Crippen LogP) is 2.75. The molecule has 1 aromatic carbocycles. The Morgan fingerprint density at radius 3 is 2.40 bits per heavy atom. The third-order valence-electron chi connectivity index (χ3n) is 3.13. The zero-order valence-corrected chi connectivity index (χ0v) is 13.1. The number of carbonyl (C=O) groups excluding carboxylic acids is 1. The SMILES string of the molecule is CCC(C)[C@H](NC(=O)NCc1ccc(Br)cc1)C(=O)O. The summed E-state index contributed by atoms with van der Waals surface area (Å²) in [5, 5.41) is 14.2. The lowest BCUT2D eigenvalue weighted by Gasteiger charge is -2.20. The van der Waals surface area contributed by atoms with Crippen LogP contribution in [0.5, 0.6) is 0 Å². The Balaban J connectivity index is 2.49. The van der Waals surface area contributed by atoms with Gasteiger partial charge in [-0.05, 0) is 23.6 Å². The van der Waals surface area contributed by atoms with Gasteiger partial charge in [-0.25, -0.2) is 9.59 Å². The number of halogens is 1. The Labute approximate surface area is 126 Å². The van der Waals surface area contributed by atoms with Crippen LogP contribution >= 0.6 is 15.9 Å². The highest BCUT2D eigenvalue weighted by Gasteiger charge is 2.24. The maximum atomic E-state index is 11.7. The molecular weight excluding hydrogens is 324 g/mol. The maximum absolute atomic E-state index is 11.7. The lowest BCUT2D eigenvalue weighted by Crippen LogP contribution is -2.48. The molecule has 0 fully saturated rings. The highest BCUT2D eigenvalue weighted by Crippen LogP contribution is 2.10. The number of amides is 2. The molecule has 0 bridgehead atoms. The highest BCUT2D eigenvalue weighted by molar-refractivity contribution is 9.10. The molecule has 5 nitrogen and oxygen atoms in total. The van der Waals surface area contributed by atoms with Crippen molar-refractivity contribution < 1.29 is 14.7 Å². The summed E-state index contributed by atoms with van der Waals surface area (Å²) in [6, 6.07) is 6.19. The molecule has 0 aromatic heterocycles. The molecule has 0 aliphatic rings. The van der Waals surface area contributed by atoms with Crippen LogP contribution in [0.15, 0.2) is 28.7 Å². The van der Waals surface area contributed by atoms with Crippen molar-refractivity contribution >= 4 is 27.9 Å². The number of hydrogen-bond donors (Lipinski definition) is 3. The van der Waals surface area contributed by atoms with Gasteiger partial charge in [0.1, 0.15) is 6.04 Å². The first-order valence-electron chi connectivity index (χ1n) is 6.45. The fourth-order valence-corrected chi connectivity index (χ4v) is 1.92. The zero-order valence-electron chi connectivity index (χ0n) is 11.5. The van der Waals surface area contributed by atoms with Crippen LogP contribution in [0.4, 0.5) is 4.79 Å². The predicted molar refractivity (Wildman–Crippen MR) is 80.4 cm³/mol. The summed E-state index contributed by atoms with van der Waals surface area (Å²) in [7, 11) is 0. The summed E-state index contributed by atoms with van der Waals surface area (Å²) in [6.07, 6.45) is 0.684. The topological polar surface area (TPSA) is 78.4 Å². The van der Waals surface area contributed by atoms with Crippen molar-refractivity contribution in [1.82, 2.24) is 10.6 Å². The van der Waals surface area contributed by atoms with Crippen LogP contribution in [0.3, 0.4) is 0 Å². The monoisotopic (exact) mass is 342 g/mol. The second-order valence-corrected chi connectivity index (χ2v) is 5.57. The van der Waals surface area contributed by atoms with Crippen molar-refractivity contribution in [3.8, 4) is 0 Å². The smallest absolute Gasteiger partial charge is 0.326 e. The Kier molecular flexibility index (Phi) is 6.51. The van der Waals surface area contributed by atoms with E-state index < -0.39 is 18.0 Å². The van der Waals surface area contributed by atoms with E-state index in [9.17, 15) is 9.59 Å². The van der Waals surface area contributed by atoms with Gasteiger partial charge in [0.05, 0.1) is 0 Å². The van der Waals surface area contributed by atoms with Crippen molar-refractivity contribution in [2.24, 2.45) is 5.92 Å². The Hall–Kier alpha value is -1.56. The summed E-state index contributed by atoms with van der Waals surface area (Å²) in [6.45, 7) is 4.04. The first kappa shape index (κ1) is 16.5. The highest BCUT2D eigenvalue weighted by atomic mass is 79.9. The lowest BCUT2D eigenvalue weighted by molar-refractivity contribution is -0.140. The molecule has 0 aliphatic carbocycles. The molecule has 1 aromatic rings. The van der Waals surface area contributed by atoms with Gasteiger partial charge in [-0.2, -0.15) is 0 Å². The van der Waals surface area contributed by atoms with Gasteiger partial charge in [0.25, 0.3) is 0 Å². The first-order chi connectivity index (χ1) is 9.43. The fourth-order valence-electron chi connectivity index (χ4n) is 1.66. The Morgan fingerprint density at radius 1 is 1.30 bits per heavy atom. The van der Waals surface area contributed by atoms with Crippen LogP contribution in [0.1, 0.15) is 25.8 Å². The molecule has 2 atom stereocenters. The second-order valence-electron chi connectivity index (χ2n) is 4.65. The maximum Gasteiger partial charge on any atom is 0.326 e. The average Bonchev–Trinajstić information content (AvgIpc) is 2.43. The van der Waals surface area contributed by atoms with Crippen LogP contribution < -0.4 is 10.6 Å². The number of carboxylic acid groups (broad SMARTS) is 1. The van der Waals surface area contributed by atoms with Crippen LogP contribution in [0, 0.1) is 5.92 Å². The molecule has 0 radical (unpaired) electrons. The van der Waals surface area contributed by atoms with Crippen molar-refractivity contribution in [2.45, 2.75) is 32.9 Å². The standard InChI is InChI=1S/C14H19BrN2O3/c1-3-9(2)12(13(18)19)17-14(20)16-8-10-4-6-11(15)7-5-10/h4-7,9,12H,3,8H2,1-2H3,(H,18,19)(H2,16,17,20)/t9?,12-/m0/s1. The minimum absolute atomic E-state index is 0.120. The number of nitrogens with one attached hydrogen (secondary N) is 2. The number of benzene rings is 1. The van der Waals surface area contributed by atoms with E-state index in [1.165, 1.54) is 0 Å². The Morgan fingerprint density at radius 2 is 1.90 bits per heavy atom. The van der Waals surface area contributed by atoms with Crippen molar-refractivity contribution in [3.05, 3.63) is 34.3 Å².